The van der Waals surface area contributed by atoms with Crippen LogP contribution in [0.4, 0.5) is 0 Å². The number of hydrogen-bond acceptors (Lipinski definition) is 3. The minimum absolute atomic E-state index is 0.147. The molecule has 0 aliphatic rings. The fraction of sp³-hybridized carbons (Fsp3) is 0.900. The number of ether oxygens (including phenoxy) is 1. The standard InChI is InChI=1S/C10H21NO2/c1-5-9(8(2)3)11-7-6-10(12)13-4/h8-9,11H,5-7H2,1-4H3. The van der Waals surface area contributed by atoms with Gasteiger partial charge in [0, 0.05) is 12.6 Å². The van der Waals surface area contributed by atoms with Gasteiger partial charge in [-0.25, -0.2) is 0 Å². The fourth-order valence-electron chi connectivity index (χ4n) is 1.31. The van der Waals surface area contributed by atoms with Gasteiger partial charge in [-0.3, -0.25) is 4.79 Å². The van der Waals surface area contributed by atoms with Crippen LogP contribution < -0.4 is 5.32 Å². The summed E-state index contributed by atoms with van der Waals surface area (Å²) >= 11 is 0. The van der Waals surface area contributed by atoms with Crippen LogP contribution >= 0.6 is 0 Å². The Bertz CT molecular complexity index is 146. The maximum absolute atomic E-state index is 10.8. The number of methoxy groups -OCH3 is 1. The largest absolute Gasteiger partial charge is 0.469 e. The molecule has 0 saturated heterocycles. The molecule has 1 N–H and O–H groups in total. The molecule has 78 valence electrons. The summed E-state index contributed by atoms with van der Waals surface area (Å²) in [4.78, 5) is 10.8. The van der Waals surface area contributed by atoms with Crippen LogP contribution in [0.1, 0.15) is 33.6 Å². The van der Waals surface area contributed by atoms with Gasteiger partial charge in [0.1, 0.15) is 0 Å². The first kappa shape index (κ1) is 12.4. The second-order valence-electron chi connectivity index (χ2n) is 3.54. The molecule has 0 aromatic carbocycles. The van der Waals surface area contributed by atoms with Crippen molar-refractivity contribution in [3.05, 3.63) is 0 Å². The molecule has 1 atom stereocenters. The first-order valence-electron chi connectivity index (χ1n) is 4.92. The minimum Gasteiger partial charge on any atom is -0.469 e. The van der Waals surface area contributed by atoms with Gasteiger partial charge < -0.3 is 10.1 Å². The van der Waals surface area contributed by atoms with E-state index in [0.717, 1.165) is 6.42 Å². The third kappa shape index (κ3) is 5.64. The molecule has 3 heteroatoms. The molecule has 0 heterocycles. The highest BCUT2D eigenvalue weighted by Gasteiger charge is 2.10. The van der Waals surface area contributed by atoms with E-state index in [4.69, 9.17) is 0 Å². The Morgan fingerprint density at radius 2 is 2.08 bits per heavy atom. The van der Waals surface area contributed by atoms with Crippen molar-refractivity contribution >= 4 is 5.97 Å². The highest BCUT2D eigenvalue weighted by molar-refractivity contribution is 5.69. The number of nitrogens with one attached hydrogen (secondary N) is 1. The van der Waals surface area contributed by atoms with E-state index in [-0.39, 0.29) is 5.97 Å². The molecule has 3 nitrogen and oxygen atoms in total. The summed E-state index contributed by atoms with van der Waals surface area (Å²) in [5.41, 5.74) is 0. The van der Waals surface area contributed by atoms with E-state index >= 15 is 0 Å². The molecule has 13 heavy (non-hydrogen) atoms. The van der Waals surface area contributed by atoms with Gasteiger partial charge in [0.15, 0.2) is 0 Å². The van der Waals surface area contributed by atoms with E-state index in [1.165, 1.54) is 7.11 Å². The lowest BCUT2D eigenvalue weighted by Gasteiger charge is -2.20. The molecule has 0 aliphatic heterocycles. The van der Waals surface area contributed by atoms with Crippen molar-refractivity contribution in [2.75, 3.05) is 13.7 Å². The van der Waals surface area contributed by atoms with E-state index < -0.39 is 0 Å². The molecule has 0 aromatic rings. The number of hydrogen-bond donors (Lipinski definition) is 1. The molecule has 0 amide bonds. The van der Waals surface area contributed by atoms with E-state index in [1.54, 1.807) is 0 Å². The summed E-state index contributed by atoms with van der Waals surface area (Å²) in [7, 11) is 1.42. The Balaban J connectivity index is 3.55. The van der Waals surface area contributed by atoms with Gasteiger partial charge in [0.25, 0.3) is 0 Å². The maximum atomic E-state index is 10.8. The monoisotopic (exact) mass is 187 g/mol. The van der Waals surface area contributed by atoms with Crippen molar-refractivity contribution < 1.29 is 9.53 Å². The van der Waals surface area contributed by atoms with Gasteiger partial charge in [-0.1, -0.05) is 20.8 Å². The van der Waals surface area contributed by atoms with Gasteiger partial charge in [-0.15, -0.1) is 0 Å². The Morgan fingerprint density at radius 3 is 2.46 bits per heavy atom. The normalized spacial score (nSPS) is 13.0. The van der Waals surface area contributed by atoms with Gasteiger partial charge in [-0.05, 0) is 12.3 Å². The summed E-state index contributed by atoms with van der Waals surface area (Å²) in [6, 6.07) is 0.504. The summed E-state index contributed by atoms with van der Waals surface area (Å²) in [5.74, 6) is 0.466. The van der Waals surface area contributed by atoms with Gasteiger partial charge in [0.05, 0.1) is 13.5 Å². The molecule has 0 fully saturated rings. The smallest absolute Gasteiger partial charge is 0.306 e. The summed E-state index contributed by atoms with van der Waals surface area (Å²) in [6.45, 7) is 7.22. The van der Waals surface area contributed by atoms with Crippen LogP contribution in [0.15, 0.2) is 0 Å². The number of esters is 1. The maximum Gasteiger partial charge on any atom is 0.306 e. The zero-order chi connectivity index (χ0) is 10.3. The number of rotatable bonds is 6. The van der Waals surface area contributed by atoms with E-state index in [9.17, 15) is 4.79 Å². The average Bonchev–Trinajstić information content (AvgIpc) is 2.11. The van der Waals surface area contributed by atoms with E-state index in [0.29, 0.717) is 24.9 Å². The average molecular weight is 187 g/mol. The van der Waals surface area contributed by atoms with E-state index in [1.807, 2.05) is 0 Å². The summed E-state index contributed by atoms with van der Waals surface area (Å²) in [5, 5.41) is 3.33. The van der Waals surface area contributed by atoms with E-state index in [2.05, 4.69) is 30.8 Å². The third-order valence-corrected chi connectivity index (χ3v) is 2.21. The van der Waals surface area contributed by atoms with Crippen molar-refractivity contribution in [1.29, 1.82) is 0 Å². The second-order valence-corrected chi connectivity index (χ2v) is 3.54. The lowest BCUT2D eigenvalue weighted by molar-refractivity contribution is -0.140. The molecule has 0 spiro atoms. The van der Waals surface area contributed by atoms with Crippen LogP contribution in [0.2, 0.25) is 0 Å². The summed E-state index contributed by atoms with van der Waals surface area (Å²) < 4.78 is 4.55. The SMILES string of the molecule is CCC(NCCC(=O)OC)C(C)C. The van der Waals surface area contributed by atoms with Crippen molar-refractivity contribution in [3.63, 3.8) is 0 Å². The van der Waals surface area contributed by atoms with Crippen molar-refractivity contribution in [1.82, 2.24) is 5.32 Å². The quantitative estimate of drug-likeness (QED) is 0.641. The van der Waals surface area contributed by atoms with Gasteiger partial charge >= 0.3 is 5.97 Å². The van der Waals surface area contributed by atoms with Crippen LogP contribution in [-0.2, 0) is 9.53 Å². The summed E-state index contributed by atoms with van der Waals surface area (Å²) in [6.07, 6.45) is 1.55. The lowest BCUT2D eigenvalue weighted by Crippen LogP contribution is -2.34. The van der Waals surface area contributed by atoms with Crippen LogP contribution in [-0.4, -0.2) is 25.7 Å². The zero-order valence-corrected chi connectivity index (χ0v) is 9.09. The van der Waals surface area contributed by atoms with Crippen LogP contribution in [0, 0.1) is 5.92 Å². The zero-order valence-electron chi connectivity index (χ0n) is 9.09. The minimum atomic E-state index is -0.147. The first-order chi connectivity index (χ1) is 6.11. The highest BCUT2D eigenvalue weighted by Crippen LogP contribution is 2.04. The Labute approximate surface area is 80.8 Å². The molecule has 0 rings (SSSR count). The number of carbonyl (C=O) groups is 1. The van der Waals surface area contributed by atoms with Gasteiger partial charge in [-0.2, -0.15) is 0 Å². The molecule has 0 saturated carbocycles. The lowest BCUT2D eigenvalue weighted by atomic mass is 10.0. The number of carbonyl (C=O) groups excluding carboxylic acids is 1. The Kier molecular flexibility index (Phi) is 6.59. The van der Waals surface area contributed by atoms with Crippen LogP contribution in [0.25, 0.3) is 0 Å². The predicted molar refractivity (Wildman–Crippen MR) is 53.6 cm³/mol. The fourth-order valence-corrected chi connectivity index (χ4v) is 1.31. The molecule has 0 radical (unpaired) electrons. The second kappa shape index (κ2) is 6.89. The Hall–Kier alpha value is -0.570. The molecule has 0 aromatic heterocycles. The topological polar surface area (TPSA) is 38.3 Å². The van der Waals surface area contributed by atoms with Crippen molar-refractivity contribution in [3.8, 4) is 0 Å². The predicted octanol–water partition coefficient (Wildman–Crippen LogP) is 1.57. The molecular formula is C10H21NO2. The first-order valence-corrected chi connectivity index (χ1v) is 4.92. The molecule has 0 bridgehead atoms. The third-order valence-electron chi connectivity index (χ3n) is 2.21. The van der Waals surface area contributed by atoms with Crippen LogP contribution in [0.5, 0.6) is 0 Å². The highest BCUT2D eigenvalue weighted by atomic mass is 16.5. The van der Waals surface area contributed by atoms with Crippen LogP contribution in [0.3, 0.4) is 0 Å². The van der Waals surface area contributed by atoms with Crippen molar-refractivity contribution in [2.24, 2.45) is 5.92 Å². The molecule has 1 unspecified atom stereocenters. The molecule has 0 aliphatic carbocycles. The van der Waals surface area contributed by atoms with Crippen molar-refractivity contribution in [2.45, 2.75) is 39.7 Å². The Morgan fingerprint density at radius 1 is 1.46 bits per heavy atom. The molecular weight excluding hydrogens is 166 g/mol. The van der Waals surface area contributed by atoms with Gasteiger partial charge in [0.2, 0.25) is 0 Å².